The van der Waals surface area contributed by atoms with Gasteiger partial charge in [0.25, 0.3) is 0 Å². The highest BCUT2D eigenvalue weighted by Crippen LogP contribution is 2.48. The SMILES string of the molecule is c1ccc(-c2ccc3c(-c4ccc(-c5c6ccccc6c(-c6cccc7c6oc6ccccc67)c6ccccc56)cc4)c4ccccc4c(-c4ccccc4)c3c2)cc1. The summed E-state index contributed by atoms with van der Waals surface area (Å²) in [5, 5.41) is 12.1. The van der Waals surface area contributed by atoms with Gasteiger partial charge in [-0.05, 0) is 99.7 Å². The number of fused-ring (bicyclic) bond motifs is 7. The molecule has 12 aromatic rings. The summed E-state index contributed by atoms with van der Waals surface area (Å²) in [6.07, 6.45) is 0. The quantitative estimate of drug-likeness (QED) is 0.160. The van der Waals surface area contributed by atoms with Gasteiger partial charge in [-0.25, -0.2) is 0 Å². The van der Waals surface area contributed by atoms with Crippen LogP contribution in [0.3, 0.4) is 0 Å². The number of para-hydroxylation sites is 2. The van der Waals surface area contributed by atoms with Crippen LogP contribution in [-0.2, 0) is 0 Å². The third-order valence-electron chi connectivity index (χ3n) is 12.3. The number of hydrogen-bond acceptors (Lipinski definition) is 1. The molecule has 0 radical (unpaired) electrons. The largest absolute Gasteiger partial charge is 0.455 e. The summed E-state index contributed by atoms with van der Waals surface area (Å²) in [4.78, 5) is 0. The van der Waals surface area contributed by atoms with E-state index in [0.29, 0.717) is 0 Å². The highest BCUT2D eigenvalue weighted by atomic mass is 16.3. The molecule has 11 aromatic carbocycles. The number of furan rings is 1. The fourth-order valence-corrected chi connectivity index (χ4v) is 9.69. The third kappa shape index (κ3) is 5.25. The Morgan fingerprint density at radius 2 is 0.610 bits per heavy atom. The number of benzene rings is 11. The first kappa shape index (κ1) is 33.4. The molecule has 1 nitrogen and oxygen atoms in total. The number of hydrogen-bond donors (Lipinski definition) is 0. The van der Waals surface area contributed by atoms with Crippen LogP contribution in [0.25, 0.3) is 121 Å². The third-order valence-corrected chi connectivity index (χ3v) is 12.3. The molecule has 1 heteroatoms. The first-order valence-corrected chi connectivity index (χ1v) is 20.3. The molecular weight excluding hydrogens is 713 g/mol. The Labute approximate surface area is 342 Å². The molecule has 0 amide bonds. The van der Waals surface area contributed by atoms with E-state index in [0.717, 1.165) is 27.5 Å². The van der Waals surface area contributed by atoms with Crippen molar-refractivity contribution in [3.05, 3.63) is 218 Å². The van der Waals surface area contributed by atoms with Gasteiger partial charge in [-0.2, -0.15) is 0 Å². The van der Waals surface area contributed by atoms with Crippen molar-refractivity contribution in [2.45, 2.75) is 0 Å². The summed E-state index contributed by atoms with van der Waals surface area (Å²) in [5.41, 5.74) is 14.0. The lowest BCUT2D eigenvalue weighted by molar-refractivity contribution is 0.670. The lowest BCUT2D eigenvalue weighted by Gasteiger charge is -2.20. The summed E-state index contributed by atoms with van der Waals surface area (Å²) >= 11 is 0. The van der Waals surface area contributed by atoms with E-state index in [9.17, 15) is 0 Å². The fraction of sp³-hybridized carbons (Fsp3) is 0. The first-order chi connectivity index (χ1) is 29.3. The minimum absolute atomic E-state index is 0.909. The van der Waals surface area contributed by atoms with Gasteiger partial charge in [0.2, 0.25) is 0 Å². The zero-order valence-corrected chi connectivity index (χ0v) is 32.2. The zero-order valence-electron chi connectivity index (χ0n) is 32.2. The maximum Gasteiger partial charge on any atom is 0.143 e. The van der Waals surface area contributed by atoms with E-state index in [1.54, 1.807) is 0 Å². The van der Waals surface area contributed by atoms with E-state index in [2.05, 4.69) is 212 Å². The molecule has 274 valence electrons. The van der Waals surface area contributed by atoms with E-state index in [-0.39, 0.29) is 0 Å². The van der Waals surface area contributed by atoms with Crippen molar-refractivity contribution in [1.82, 2.24) is 0 Å². The summed E-state index contributed by atoms with van der Waals surface area (Å²) in [5.74, 6) is 0. The van der Waals surface area contributed by atoms with Crippen molar-refractivity contribution in [3.8, 4) is 55.6 Å². The maximum atomic E-state index is 6.63. The highest BCUT2D eigenvalue weighted by molar-refractivity contribution is 6.25. The topological polar surface area (TPSA) is 13.1 Å². The van der Waals surface area contributed by atoms with Crippen molar-refractivity contribution in [1.29, 1.82) is 0 Å². The molecule has 0 atom stereocenters. The van der Waals surface area contributed by atoms with Gasteiger partial charge in [-0.1, -0.05) is 206 Å². The van der Waals surface area contributed by atoms with E-state index in [4.69, 9.17) is 4.42 Å². The van der Waals surface area contributed by atoms with Crippen LogP contribution in [0.15, 0.2) is 223 Å². The van der Waals surface area contributed by atoms with Gasteiger partial charge in [0.1, 0.15) is 11.2 Å². The Morgan fingerprint density at radius 3 is 1.17 bits per heavy atom. The second-order valence-electron chi connectivity index (χ2n) is 15.5. The van der Waals surface area contributed by atoms with Crippen molar-refractivity contribution < 1.29 is 4.42 Å². The maximum absolute atomic E-state index is 6.63. The van der Waals surface area contributed by atoms with Crippen molar-refractivity contribution >= 4 is 65.0 Å². The van der Waals surface area contributed by atoms with E-state index in [1.165, 1.54) is 93.2 Å². The van der Waals surface area contributed by atoms with Gasteiger partial charge in [0.15, 0.2) is 0 Å². The predicted molar refractivity (Wildman–Crippen MR) is 251 cm³/mol. The van der Waals surface area contributed by atoms with Crippen molar-refractivity contribution in [2.75, 3.05) is 0 Å². The van der Waals surface area contributed by atoms with Gasteiger partial charge in [0, 0.05) is 21.9 Å². The Balaban J connectivity index is 1.08. The molecule has 0 fully saturated rings. The standard InChI is InChI=1S/C58H36O/c1-3-16-37(17-4-1)41-34-35-49-52(36-41)56(38-18-5-2-6-19-38)44-22-8-7-21-43(44)55(49)40-32-30-39(31-33-40)54-45-23-9-11-25-47(45)57(48-26-12-10-24-46(48)54)51-28-15-27-50-42-20-13-14-29-53(42)59-58(50)51/h1-36H. The Bertz CT molecular complexity index is 3520. The van der Waals surface area contributed by atoms with Crippen LogP contribution in [0.5, 0.6) is 0 Å². The molecule has 0 saturated heterocycles. The van der Waals surface area contributed by atoms with Crippen LogP contribution in [0, 0.1) is 0 Å². The Kier molecular flexibility index (Phi) is 7.61. The summed E-state index contributed by atoms with van der Waals surface area (Å²) in [6.45, 7) is 0. The molecule has 0 aliphatic heterocycles. The van der Waals surface area contributed by atoms with Crippen molar-refractivity contribution in [2.24, 2.45) is 0 Å². The smallest absolute Gasteiger partial charge is 0.143 e. The predicted octanol–water partition coefficient (Wildman–Crippen LogP) is 16.5. The minimum Gasteiger partial charge on any atom is -0.455 e. The van der Waals surface area contributed by atoms with Gasteiger partial charge in [0.05, 0.1) is 0 Å². The summed E-state index contributed by atoms with van der Waals surface area (Å²) in [7, 11) is 0. The van der Waals surface area contributed by atoms with Crippen LogP contribution in [0.2, 0.25) is 0 Å². The normalized spacial score (nSPS) is 11.7. The molecule has 12 rings (SSSR count). The molecule has 0 unspecified atom stereocenters. The fourth-order valence-electron chi connectivity index (χ4n) is 9.69. The highest BCUT2D eigenvalue weighted by Gasteiger charge is 2.21. The lowest BCUT2D eigenvalue weighted by atomic mass is 9.83. The summed E-state index contributed by atoms with van der Waals surface area (Å²) < 4.78 is 6.63. The molecule has 0 bridgehead atoms. The molecule has 0 saturated carbocycles. The van der Waals surface area contributed by atoms with Crippen LogP contribution >= 0.6 is 0 Å². The molecule has 59 heavy (non-hydrogen) atoms. The van der Waals surface area contributed by atoms with Gasteiger partial charge < -0.3 is 4.42 Å². The van der Waals surface area contributed by atoms with Gasteiger partial charge in [-0.15, -0.1) is 0 Å². The molecule has 0 aliphatic rings. The molecular formula is C58H36O. The van der Waals surface area contributed by atoms with E-state index >= 15 is 0 Å². The van der Waals surface area contributed by atoms with Crippen molar-refractivity contribution in [3.63, 3.8) is 0 Å². The second-order valence-corrected chi connectivity index (χ2v) is 15.5. The molecule has 0 N–H and O–H groups in total. The minimum atomic E-state index is 0.909. The molecule has 1 heterocycles. The number of rotatable bonds is 5. The molecule has 0 aliphatic carbocycles. The lowest BCUT2D eigenvalue weighted by Crippen LogP contribution is -1.93. The first-order valence-electron chi connectivity index (χ1n) is 20.3. The summed E-state index contributed by atoms with van der Waals surface area (Å²) in [6, 6.07) is 79.4. The van der Waals surface area contributed by atoms with Crippen LogP contribution in [-0.4, -0.2) is 0 Å². The van der Waals surface area contributed by atoms with Gasteiger partial charge in [-0.3, -0.25) is 0 Å². The molecule has 1 aromatic heterocycles. The zero-order chi connectivity index (χ0) is 38.9. The second kappa shape index (κ2) is 13.4. The van der Waals surface area contributed by atoms with E-state index in [1.807, 2.05) is 6.07 Å². The van der Waals surface area contributed by atoms with Gasteiger partial charge >= 0.3 is 0 Å². The Morgan fingerprint density at radius 1 is 0.220 bits per heavy atom. The monoisotopic (exact) mass is 748 g/mol. The average Bonchev–Trinajstić information content (AvgIpc) is 3.70. The average molecular weight is 749 g/mol. The van der Waals surface area contributed by atoms with Crippen LogP contribution in [0.4, 0.5) is 0 Å². The van der Waals surface area contributed by atoms with E-state index < -0.39 is 0 Å². The van der Waals surface area contributed by atoms with Crippen LogP contribution in [0.1, 0.15) is 0 Å². The van der Waals surface area contributed by atoms with Crippen LogP contribution < -0.4 is 0 Å². The Hall–Kier alpha value is -7.74. The molecule has 0 spiro atoms.